The third-order valence-corrected chi connectivity index (χ3v) is 3.13. The highest BCUT2D eigenvalue weighted by atomic mass is 16.5. The van der Waals surface area contributed by atoms with Crippen LogP contribution in [0.5, 0.6) is 0 Å². The lowest BCUT2D eigenvalue weighted by molar-refractivity contribution is 0.196. The quantitative estimate of drug-likeness (QED) is 0.365. The first kappa shape index (κ1) is 16.4. The summed E-state index contributed by atoms with van der Waals surface area (Å²) >= 11 is 0. The van der Waals surface area contributed by atoms with Crippen LogP contribution in [0.2, 0.25) is 0 Å². The number of rotatable bonds is 6. The molecule has 0 saturated carbocycles. The molecule has 23 heavy (non-hydrogen) atoms. The van der Waals surface area contributed by atoms with E-state index in [0.717, 1.165) is 16.8 Å². The van der Waals surface area contributed by atoms with Gasteiger partial charge >= 0.3 is 0 Å². The fraction of sp³-hybridized carbons (Fsp3) is 0.188. The van der Waals surface area contributed by atoms with Gasteiger partial charge in [-0.2, -0.15) is 0 Å². The number of nitrogens with two attached hydrogens (primary N) is 2. The van der Waals surface area contributed by atoms with E-state index in [2.05, 4.69) is 15.0 Å². The molecule has 2 rings (SSSR count). The van der Waals surface area contributed by atoms with Gasteiger partial charge in [-0.05, 0) is 24.6 Å². The standard InChI is InChI=1S/C16H20N6O/c1-12-5-3-6-14(22(2)18)13(12)11-23-15(17)7-10-21-16-19-8-4-9-20-16/h3-10H,11,17-18H2,1-2H3. The number of benzene rings is 1. The summed E-state index contributed by atoms with van der Waals surface area (Å²) < 4.78 is 5.56. The second-order valence-corrected chi connectivity index (χ2v) is 4.87. The van der Waals surface area contributed by atoms with Crippen molar-refractivity contribution in [2.75, 3.05) is 12.1 Å². The van der Waals surface area contributed by atoms with Crippen molar-refractivity contribution >= 4 is 17.9 Å². The minimum Gasteiger partial charge on any atom is -0.474 e. The number of anilines is 1. The van der Waals surface area contributed by atoms with Crippen LogP contribution in [0.3, 0.4) is 0 Å². The molecule has 120 valence electrons. The molecule has 7 nitrogen and oxygen atoms in total. The lowest BCUT2D eigenvalue weighted by Crippen LogP contribution is -2.26. The fourth-order valence-corrected chi connectivity index (χ4v) is 1.94. The fourth-order valence-electron chi connectivity index (χ4n) is 1.94. The highest BCUT2D eigenvalue weighted by Gasteiger charge is 2.08. The lowest BCUT2D eigenvalue weighted by atomic mass is 10.1. The predicted molar refractivity (Wildman–Crippen MR) is 91.0 cm³/mol. The van der Waals surface area contributed by atoms with Crippen LogP contribution >= 0.6 is 0 Å². The molecule has 1 aromatic heterocycles. The van der Waals surface area contributed by atoms with Gasteiger partial charge in [0.05, 0.1) is 5.69 Å². The maximum Gasteiger partial charge on any atom is 0.249 e. The zero-order valence-electron chi connectivity index (χ0n) is 13.2. The molecular weight excluding hydrogens is 292 g/mol. The Hall–Kier alpha value is -2.93. The Balaban J connectivity index is 2.01. The van der Waals surface area contributed by atoms with Gasteiger partial charge in [0.15, 0.2) is 5.88 Å². The summed E-state index contributed by atoms with van der Waals surface area (Å²) in [5.41, 5.74) is 8.78. The Morgan fingerprint density at radius 2 is 2.04 bits per heavy atom. The Labute approximate surface area is 135 Å². The van der Waals surface area contributed by atoms with Gasteiger partial charge in [-0.15, -0.1) is 0 Å². The first-order chi connectivity index (χ1) is 11.1. The molecule has 0 bridgehead atoms. The molecule has 0 spiro atoms. The van der Waals surface area contributed by atoms with E-state index in [9.17, 15) is 0 Å². The normalized spacial score (nSPS) is 11.7. The van der Waals surface area contributed by atoms with E-state index in [1.54, 1.807) is 36.6 Å². The smallest absolute Gasteiger partial charge is 0.249 e. The van der Waals surface area contributed by atoms with Gasteiger partial charge in [-0.1, -0.05) is 12.1 Å². The topological polar surface area (TPSA) is 103 Å². The van der Waals surface area contributed by atoms with Crippen LogP contribution in [0.1, 0.15) is 11.1 Å². The van der Waals surface area contributed by atoms with Crippen molar-refractivity contribution in [2.45, 2.75) is 13.5 Å². The highest BCUT2D eigenvalue weighted by molar-refractivity contribution is 5.73. The molecule has 1 aromatic carbocycles. The Morgan fingerprint density at radius 3 is 2.74 bits per heavy atom. The molecule has 0 aliphatic heterocycles. The molecule has 7 heteroatoms. The number of aliphatic imine (C=N–C) groups is 1. The van der Waals surface area contributed by atoms with Gasteiger partial charge in [0.2, 0.25) is 5.95 Å². The maximum atomic E-state index is 5.83. The first-order valence-corrected chi connectivity index (χ1v) is 7.04. The highest BCUT2D eigenvalue weighted by Crippen LogP contribution is 2.22. The lowest BCUT2D eigenvalue weighted by Gasteiger charge is -2.19. The molecule has 0 radical (unpaired) electrons. The number of allylic oxidation sites excluding steroid dienone is 1. The number of hydrogen-bond donors (Lipinski definition) is 2. The van der Waals surface area contributed by atoms with Crippen LogP contribution < -0.4 is 16.6 Å². The van der Waals surface area contributed by atoms with Gasteiger partial charge in [0, 0.05) is 37.3 Å². The van der Waals surface area contributed by atoms with Crippen molar-refractivity contribution in [3.63, 3.8) is 0 Å². The van der Waals surface area contributed by atoms with Crippen molar-refractivity contribution in [3.05, 3.63) is 59.7 Å². The maximum absolute atomic E-state index is 5.83. The summed E-state index contributed by atoms with van der Waals surface area (Å²) in [5.74, 6) is 6.44. The largest absolute Gasteiger partial charge is 0.474 e. The molecular formula is C16H20N6O. The zero-order valence-corrected chi connectivity index (χ0v) is 13.2. The second-order valence-electron chi connectivity index (χ2n) is 4.87. The van der Waals surface area contributed by atoms with Crippen LogP contribution in [-0.4, -0.2) is 23.2 Å². The van der Waals surface area contributed by atoms with E-state index in [0.29, 0.717) is 12.6 Å². The van der Waals surface area contributed by atoms with Crippen molar-refractivity contribution in [2.24, 2.45) is 16.6 Å². The molecule has 2 aromatic rings. The monoisotopic (exact) mass is 312 g/mol. The first-order valence-electron chi connectivity index (χ1n) is 7.04. The number of aryl methyl sites for hydroxylation is 1. The average Bonchev–Trinajstić information content (AvgIpc) is 2.54. The summed E-state index contributed by atoms with van der Waals surface area (Å²) in [5, 5.41) is 1.56. The number of ether oxygens (including phenoxy) is 1. The number of hydrogen-bond acceptors (Lipinski definition) is 7. The molecule has 0 aliphatic carbocycles. The van der Waals surface area contributed by atoms with E-state index in [1.807, 2.05) is 25.1 Å². The van der Waals surface area contributed by atoms with Crippen molar-refractivity contribution in [1.29, 1.82) is 0 Å². The van der Waals surface area contributed by atoms with E-state index in [-0.39, 0.29) is 5.88 Å². The SMILES string of the molecule is Cc1cccc(N(C)N)c1COC(N)=CC=Nc1ncccn1. The number of nitrogens with zero attached hydrogens (tertiary/aromatic N) is 4. The molecule has 1 heterocycles. The van der Waals surface area contributed by atoms with Gasteiger partial charge in [0.25, 0.3) is 0 Å². The Bertz CT molecular complexity index is 697. The minimum absolute atomic E-state index is 0.249. The second kappa shape index (κ2) is 7.90. The molecule has 0 aliphatic rings. The minimum atomic E-state index is 0.249. The van der Waals surface area contributed by atoms with Gasteiger partial charge in [-0.3, -0.25) is 0 Å². The summed E-state index contributed by atoms with van der Waals surface area (Å²) in [7, 11) is 1.78. The van der Waals surface area contributed by atoms with Crippen LogP contribution in [-0.2, 0) is 11.3 Å². The van der Waals surface area contributed by atoms with Crippen LogP contribution in [0.4, 0.5) is 11.6 Å². The van der Waals surface area contributed by atoms with E-state index in [4.69, 9.17) is 16.3 Å². The Morgan fingerprint density at radius 1 is 1.30 bits per heavy atom. The molecule has 0 fully saturated rings. The molecule has 0 saturated heterocycles. The Kier molecular flexibility index (Phi) is 5.65. The van der Waals surface area contributed by atoms with Crippen molar-refractivity contribution in [1.82, 2.24) is 9.97 Å². The van der Waals surface area contributed by atoms with Crippen LogP contribution in [0.25, 0.3) is 0 Å². The van der Waals surface area contributed by atoms with E-state index in [1.165, 1.54) is 6.21 Å². The zero-order chi connectivity index (χ0) is 16.7. The molecule has 0 atom stereocenters. The third kappa shape index (κ3) is 4.79. The van der Waals surface area contributed by atoms with Gasteiger partial charge < -0.3 is 15.5 Å². The number of hydrazine groups is 1. The molecule has 0 unspecified atom stereocenters. The summed E-state index contributed by atoms with van der Waals surface area (Å²) in [6.07, 6.45) is 6.29. The summed E-state index contributed by atoms with van der Waals surface area (Å²) in [4.78, 5) is 12.0. The number of aromatic nitrogens is 2. The molecule has 4 N–H and O–H groups in total. The van der Waals surface area contributed by atoms with Gasteiger partial charge in [-0.25, -0.2) is 20.8 Å². The average molecular weight is 312 g/mol. The van der Waals surface area contributed by atoms with Crippen molar-refractivity contribution < 1.29 is 4.74 Å². The van der Waals surface area contributed by atoms with Gasteiger partial charge in [0.1, 0.15) is 6.61 Å². The summed E-state index contributed by atoms with van der Waals surface area (Å²) in [6.45, 7) is 2.32. The predicted octanol–water partition coefficient (Wildman–Crippen LogP) is 1.81. The van der Waals surface area contributed by atoms with Crippen LogP contribution in [0, 0.1) is 6.92 Å². The third-order valence-electron chi connectivity index (χ3n) is 3.13. The molecule has 0 amide bonds. The van der Waals surface area contributed by atoms with Crippen LogP contribution in [0.15, 0.2) is 53.6 Å². The summed E-state index contributed by atoms with van der Waals surface area (Å²) in [6, 6.07) is 7.60. The van der Waals surface area contributed by atoms with Crippen molar-refractivity contribution in [3.8, 4) is 0 Å². The van der Waals surface area contributed by atoms with E-state index >= 15 is 0 Å². The van der Waals surface area contributed by atoms with E-state index < -0.39 is 0 Å².